The summed E-state index contributed by atoms with van der Waals surface area (Å²) in [5.74, 6) is -4.70. The zero-order chi connectivity index (χ0) is 21.5. The Morgan fingerprint density at radius 1 is 1.03 bits per heavy atom. The maximum Gasteiger partial charge on any atom is 0.296 e. The minimum Gasteiger partial charge on any atom is -0.507 e. The number of hydrogen-bond donors (Lipinski definition) is 4. The van der Waals surface area contributed by atoms with Gasteiger partial charge < -0.3 is 19.7 Å². The first kappa shape index (κ1) is 29.7. The zero-order valence-corrected chi connectivity index (χ0v) is 22.1. The number of hydrogen-bond acceptors (Lipinski definition) is 9. The molecule has 1 aliphatic rings. The van der Waals surface area contributed by atoms with Crippen LogP contribution in [-0.4, -0.2) is 121 Å². The summed E-state index contributed by atoms with van der Waals surface area (Å²) in [5, 5.41) is 20.3. The van der Waals surface area contributed by atoms with Crippen LogP contribution in [0, 0.1) is 0 Å². The Morgan fingerprint density at radius 2 is 1.57 bits per heavy atom. The Morgan fingerprint density at radius 3 is 2.00 bits per heavy atom. The van der Waals surface area contributed by atoms with Crippen molar-refractivity contribution in [2.24, 2.45) is 0 Å². The van der Waals surface area contributed by atoms with Gasteiger partial charge in [0.25, 0.3) is 20.2 Å². The van der Waals surface area contributed by atoms with E-state index in [1.165, 1.54) is 0 Å². The van der Waals surface area contributed by atoms with Gasteiger partial charge in [-0.05, 0) is 24.3 Å². The van der Waals surface area contributed by atoms with Crippen molar-refractivity contribution in [2.75, 3.05) is 14.2 Å². The number of phenols is 1. The van der Waals surface area contributed by atoms with Gasteiger partial charge in [-0.1, -0.05) is 0 Å². The van der Waals surface area contributed by atoms with Crippen molar-refractivity contribution in [2.45, 2.75) is 17.1 Å². The fourth-order valence-corrected chi connectivity index (χ4v) is 4.03. The van der Waals surface area contributed by atoms with Crippen molar-refractivity contribution in [3.63, 3.8) is 0 Å². The molecule has 0 aliphatic heterocycles. The Labute approximate surface area is 216 Å². The predicted octanol–water partition coefficient (Wildman–Crippen LogP) is -0.120. The first-order valence-corrected chi connectivity index (χ1v) is 10.2. The molecule has 4 N–H and O–H groups in total. The average molecular weight is 482 g/mol. The molecule has 2 rings (SSSR count). The number of benzene rings is 1. The van der Waals surface area contributed by atoms with Crippen LogP contribution in [0.4, 0.5) is 0 Å². The van der Waals surface area contributed by atoms with Gasteiger partial charge in [0, 0.05) is 73.3 Å². The summed E-state index contributed by atoms with van der Waals surface area (Å²) >= 11 is 0. The van der Waals surface area contributed by atoms with Gasteiger partial charge in [-0.25, -0.2) is 0 Å². The molecule has 0 amide bonds. The Bertz CT molecular complexity index is 1100. The van der Waals surface area contributed by atoms with Crippen LogP contribution in [0.25, 0.3) is 5.76 Å². The third-order valence-corrected chi connectivity index (χ3v) is 5.89. The second kappa shape index (κ2) is 10.6. The molecule has 0 bridgehead atoms. The number of aliphatic hydroxyl groups is 1. The number of aromatic hydroxyl groups is 1. The van der Waals surface area contributed by atoms with E-state index >= 15 is 0 Å². The van der Waals surface area contributed by atoms with Crippen LogP contribution in [-0.2, 0) is 34.5 Å². The van der Waals surface area contributed by atoms with Gasteiger partial charge in [0.05, 0.1) is 22.5 Å². The van der Waals surface area contributed by atoms with Crippen molar-refractivity contribution in [1.82, 2.24) is 0 Å². The largest absolute Gasteiger partial charge is 0.507 e. The fourth-order valence-electron chi connectivity index (χ4n) is 2.63. The van der Waals surface area contributed by atoms with E-state index in [0.717, 1.165) is 26.4 Å². The maximum absolute atomic E-state index is 12.5. The molecule has 1 aromatic carbocycles. The smallest absolute Gasteiger partial charge is 0.296 e. The van der Waals surface area contributed by atoms with E-state index < -0.39 is 70.7 Å². The van der Waals surface area contributed by atoms with E-state index in [9.17, 15) is 36.4 Å². The van der Waals surface area contributed by atoms with Gasteiger partial charge in [-0.3, -0.25) is 13.9 Å². The summed E-state index contributed by atoms with van der Waals surface area (Å²) in [6, 6.07) is 2.36. The van der Waals surface area contributed by atoms with Gasteiger partial charge in [0.1, 0.15) is 16.4 Å². The molecule has 0 atom stereocenters. The van der Waals surface area contributed by atoms with Crippen molar-refractivity contribution < 1.29 is 50.4 Å². The number of phenolic OH excluding ortho intramolecular Hbond substituents is 1. The van der Waals surface area contributed by atoms with Crippen molar-refractivity contribution in [3.05, 3.63) is 40.3 Å². The number of carbonyl (C=O) groups excluding carboxylic acids is 1. The van der Waals surface area contributed by atoms with Gasteiger partial charge in [0.15, 0.2) is 5.78 Å². The number of allylic oxidation sites excluding steroid dienone is 2. The van der Waals surface area contributed by atoms with E-state index in [1.807, 2.05) is 0 Å². The van der Waals surface area contributed by atoms with Gasteiger partial charge in [-0.15, -0.1) is 0 Å². The number of carbonyl (C=O) groups is 1. The number of Topliss-reactive ketones (excluding diaryl/α,β-unsaturated/α-hetero) is 1. The predicted molar refractivity (Wildman–Crippen MR) is 105 cm³/mol. The second-order valence-electron chi connectivity index (χ2n) is 5.66. The van der Waals surface area contributed by atoms with Crippen LogP contribution in [0.1, 0.15) is 12.0 Å². The minimum absolute atomic E-state index is 0. The Kier molecular flexibility index (Phi) is 10.4. The molecule has 0 saturated carbocycles. The van der Waals surface area contributed by atoms with Gasteiger partial charge >= 0.3 is 0 Å². The third kappa shape index (κ3) is 5.94. The summed E-state index contributed by atoms with van der Waals surface area (Å²) in [6.07, 6.45) is -0.174. The minimum atomic E-state index is -4.96. The SMILES string of the molecule is COC1(OC)CC(=O)C(=C(O)c2cc(S(=O)(=O)O)ccc2O)C=C1S(=O)(=O)O.[Na].[Na]. The topological polar surface area (TPSA) is 185 Å². The van der Waals surface area contributed by atoms with Crippen molar-refractivity contribution >= 4 is 90.9 Å². The van der Waals surface area contributed by atoms with Crippen LogP contribution < -0.4 is 0 Å². The van der Waals surface area contributed by atoms with Crippen LogP contribution in [0.5, 0.6) is 5.75 Å². The van der Waals surface area contributed by atoms with E-state index in [1.54, 1.807) is 0 Å². The quantitative estimate of drug-likeness (QED) is 0.144. The molecule has 0 heterocycles. The molecule has 0 unspecified atom stereocenters. The van der Waals surface area contributed by atoms with Gasteiger partial charge in [-0.2, -0.15) is 16.8 Å². The maximum atomic E-state index is 12.5. The van der Waals surface area contributed by atoms with Crippen LogP contribution in [0.3, 0.4) is 0 Å². The molecule has 15 heteroatoms. The van der Waals surface area contributed by atoms with E-state index in [2.05, 4.69) is 0 Å². The zero-order valence-electron chi connectivity index (χ0n) is 16.5. The Balaban J connectivity index is 0.00000420. The molecule has 1 aliphatic carbocycles. The number of ether oxygens (including phenoxy) is 2. The average Bonchev–Trinajstić information content (AvgIpc) is 2.59. The first-order valence-electron chi connectivity index (χ1n) is 7.34. The monoisotopic (exact) mass is 482 g/mol. The first-order chi connectivity index (χ1) is 12.8. The summed E-state index contributed by atoms with van der Waals surface area (Å²) in [6.45, 7) is 0. The number of ketones is 1. The van der Waals surface area contributed by atoms with Crippen molar-refractivity contribution in [1.29, 1.82) is 0 Å². The number of aliphatic hydroxyl groups excluding tert-OH is 1. The third-order valence-electron chi connectivity index (χ3n) is 4.06. The van der Waals surface area contributed by atoms with E-state index in [4.69, 9.17) is 14.0 Å². The standard InChI is InChI=1S/C15H16O11S2.2Na/c1-25-15(26-2)7-12(17)10(6-13(15)28(22,23)24)14(18)9-5-8(27(19,20)21)3-4-11(9)16;;/h3-6,16,18H,7H2,1-2H3,(H,19,20,21)(H,22,23,24);;. The summed E-state index contributed by atoms with van der Waals surface area (Å²) in [5.41, 5.74) is -1.24. The molecule has 2 radical (unpaired) electrons. The Hall–Kier alpha value is -0.290. The molecule has 0 spiro atoms. The van der Waals surface area contributed by atoms with E-state index in [0.29, 0.717) is 12.1 Å². The summed E-state index contributed by atoms with van der Waals surface area (Å²) < 4.78 is 74.4. The van der Waals surface area contributed by atoms with Gasteiger partial charge in [0.2, 0.25) is 5.79 Å². The molecule has 30 heavy (non-hydrogen) atoms. The molecule has 0 fully saturated rings. The molecule has 1 aromatic rings. The van der Waals surface area contributed by atoms with Crippen LogP contribution in [0.15, 0.2) is 39.6 Å². The molecule has 0 saturated heterocycles. The normalized spacial score (nSPS) is 18.0. The van der Waals surface area contributed by atoms with Crippen LogP contribution >= 0.6 is 0 Å². The summed E-state index contributed by atoms with van der Waals surface area (Å²) in [7, 11) is -7.59. The molecular formula is C15H16Na2O11S2. The molecule has 0 aromatic heterocycles. The van der Waals surface area contributed by atoms with Crippen molar-refractivity contribution in [3.8, 4) is 5.75 Å². The second-order valence-corrected chi connectivity index (χ2v) is 8.47. The van der Waals surface area contributed by atoms with E-state index in [-0.39, 0.29) is 59.1 Å². The number of methoxy groups -OCH3 is 2. The van der Waals surface area contributed by atoms with Crippen LogP contribution in [0.2, 0.25) is 0 Å². The molecule has 156 valence electrons. The summed E-state index contributed by atoms with van der Waals surface area (Å²) in [4.78, 5) is 10.9. The molecular weight excluding hydrogens is 466 g/mol. The fraction of sp³-hybridized carbons (Fsp3) is 0.267. The molecule has 11 nitrogen and oxygen atoms in total. The number of rotatable bonds is 5.